The first-order chi connectivity index (χ1) is 13.4. The molecule has 0 spiro atoms. The van der Waals surface area contributed by atoms with E-state index in [1.54, 1.807) is 0 Å². The SMILES string of the molecule is COC(=O)c1ccc(C(=O)OC)cc1.COC(=O)c1ccc(C(=O)OC)cc1. The Bertz CT molecular complexity index is 681. The molecule has 0 aliphatic carbocycles. The van der Waals surface area contributed by atoms with Gasteiger partial charge in [0.05, 0.1) is 50.7 Å². The summed E-state index contributed by atoms with van der Waals surface area (Å²) < 4.78 is 18.0. The number of hydrogen-bond donors (Lipinski definition) is 0. The first-order valence-electron chi connectivity index (χ1n) is 7.91. The highest BCUT2D eigenvalue weighted by molar-refractivity contribution is 5.94. The van der Waals surface area contributed by atoms with Crippen molar-refractivity contribution in [2.24, 2.45) is 0 Å². The molecule has 2 rings (SSSR count). The molecule has 28 heavy (non-hydrogen) atoms. The van der Waals surface area contributed by atoms with Crippen LogP contribution in [-0.2, 0) is 18.9 Å². The minimum atomic E-state index is -0.429. The summed E-state index contributed by atoms with van der Waals surface area (Å²) in [4.78, 5) is 44.1. The zero-order valence-electron chi connectivity index (χ0n) is 15.9. The van der Waals surface area contributed by atoms with Gasteiger partial charge in [-0.25, -0.2) is 19.2 Å². The summed E-state index contributed by atoms with van der Waals surface area (Å²) in [7, 11) is 5.21. The van der Waals surface area contributed by atoms with Gasteiger partial charge in [-0.15, -0.1) is 0 Å². The molecular weight excluding hydrogens is 368 g/mol. The van der Waals surface area contributed by atoms with Gasteiger partial charge in [0.25, 0.3) is 0 Å². The van der Waals surface area contributed by atoms with Gasteiger partial charge in [0, 0.05) is 0 Å². The number of methoxy groups -OCH3 is 4. The first-order valence-corrected chi connectivity index (χ1v) is 7.91. The molecule has 2 aromatic rings. The van der Waals surface area contributed by atoms with Gasteiger partial charge >= 0.3 is 23.9 Å². The summed E-state index contributed by atoms with van der Waals surface area (Å²) in [5.74, 6) is -1.72. The van der Waals surface area contributed by atoms with Crippen LogP contribution in [0.15, 0.2) is 48.5 Å². The van der Waals surface area contributed by atoms with E-state index in [-0.39, 0.29) is 0 Å². The van der Waals surface area contributed by atoms with Crippen molar-refractivity contribution in [1.82, 2.24) is 0 Å². The summed E-state index contributed by atoms with van der Waals surface area (Å²) in [6.45, 7) is 0. The van der Waals surface area contributed by atoms with Crippen LogP contribution in [0, 0.1) is 0 Å². The predicted octanol–water partition coefficient (Wildman–Crippen LogP) is 2.52. The zero-order chi connectivity index (χ0) is 21.1. The monoisotopic (exact) mass is 388 g/mol. The van der Waals surface area contributed by atoms with Gasteiger partial charge in [0.2, 0.25) is 0 Å². The summed E-state index contributed by atoms with van der Waals surface area (Å²) in [5, 5.41) is 0. The molecular formula is C20H20O8. The number of carbonyl (C=O) groups excluding carboxylic acids is 4. The fraction of sp³-hybridized carbons (Fsp3) is 0.200. The van der Waals surface area contributed by atoms with E-state index in [1.165, 1.54) is 77.0 Å². The lowest BCUT2D eigenvalue weighted by Gasteiger charge is -2.00. The van der Waals surface area contributed by atoms with Gasteiger partial charge in [-0.1, -0.05) is 0 Å². The van der Waals surface area contributed by atoms with Crippen LogP contribution < -0.4 is 0 Å². The molecule has 0 N–H and O–H groups in total. The summed E-state index contributed by atoms with van der Waals surface area (Å²) in [5.41, 5.74) is 1.61. The van der Waals surface area contributed by atoms with Crippen LogP contribution in [0.25, 0.3) is 0 Å². The number of benzene rings is 2. The molecule has 0 bridgehead atoms. The van der Waals surface area contributed by atoms with Crippen LogP contribution in [0.4, 0.5) is 0 Å². The maximum absolute atomic E-state index is 11.0. The Morgan fingerprint density at radius 2 is 0.571 bits per heavy atom. The van der Waals surface area contributed by atoms with E-state index in [9.17, 15) is 19.2 Å². The van der Waals surface area contributed by atoms with Crippen molar-refractivity contribution >= 4 is 23.9 Å². The van der Waals surface area contributed by atoms with E-state index in [0.29, 0.717) is 22.3 Å². The third kappa shape index (κ3) is 6.24. The van der Waals surface area contributed by atoms with Gasteiger partial charge in [-0.2, -0.15) is 0 Å². The minimum absolute atomic E-state index is 0.403. The molecule has 0 atom stereocenters. The maximum atomic E-state index is 11.0. The number of rotatable bonds is 4. The van der Waals surface area contributed by atoms with E-state index in [1.807, 2.05) is 0 Å². The van der Waals surface area contributed by atoms with Crippen LogP contribution in [0.2, 0.25) is 0 Å². The van der Waals surface area contributed by atoms with Crippen molar-refractivity contribution in [3.63, 3.8) is 0 Å². The highest BCUT2D eigenvalue weighted by atomic mass is 16.5. The molecule has 0 aromatic heterocycles. The molecule has 0 radical (unpaired) electrons. The molecule has 0 fully saturated rings. The highest BCUT2D eigenvalue weighted by Crippen LogP contribution is 2.07. The second-order valence-electron chi connectivity index (χ2n) is 5.12. The Labute approximate surface area is 162 Å². The Morgan fingerprint density at radius 3 is 0.679 bits per heavy atom. The molecule has 0 aliphatic rings. The van der Waals surface area contributed by atoms with Gasteiger partial charge in [-0.3, -0.25) is 0 Å². The minimum Gasteiger partial charge on any atom is -0.465 e. The fourth-order valence-corrected chi connectivity index (χ4v) is 1.96. The second-order valence-corrected chi connectivity index (χ2v) is 5.12. The van der Waals surface area contributed by atoms with E-state index in [0.717, 1.165) is 0 Å². The fourth-order valence-electron chi connectivity index (χ4n) is 1.96. The van der Waals surface area contributed by atoms with E-state index in [2.05, 4.69) is 18.9 Å². The van der Waals surface area contributed by atoms with Crippen molar-refractivity contribution in [1.29, 1.82) is 0 Å². The molecule has 0 saturated carbocycles. The standard InChI is InChI=1S/2C10H10O4/c2*1-13-9(11)7-3-5-8(6-4-7)10(12)14-2/h2*3-6H,1-2H3. The number of esters is 4. The Morgan fingerprint density at radius 1 is 0.429 bits per heavy atom. The smallest absolute Gasteiger partial charge is 0.337 e. The van der Waals surface area contributed by atoms with Gasteiger partial charge in [0.1, 0.15) is 0 Å². The first kappa shape index (κ1) is 22.4. The topological polar surface area (TPSA) is 105 Å². The average Bonchev–Trinajstić information content (AvgIpc) is 2.77. The van der Waals surface area contributed by atoms with Crippen LogP contribution in [0.3, 0.4) is 0 Å². The molecule has 0 amide bonds. The summed E-state index contributed by atoms with van der Waals surface area (Å²) in [6.07, 6.45) is 0. The van der Waals surface area contributed by atoms with Crippen molar-refractivity contribution in [3.05, 3.63) is 70.8 Å². The molecule has 8 nitrogen and oxygen atoms in total. The third-order valence-corrected chi connectivity index (χ3v) is 3.45. The number of carbonyl (C=O) groups is 4. The molecule has 148 valence electrons. The van der Waals surface area contributed by atoms with Gasteiger partial charge in [-0.05, 0) is 48.5 Å². The lowest BCUT2D eigenvalue weighted by molar-refractivity contribution is 0.0586. The lowest BCUT2D eigenvalue weighted by atomic mass is 10.1. The molecule has 0 heterocycles. The summed E-state index contributed by atoms with van der Waals surface area (Å²) in [6, 6.07) is 12.1. The second kappa shape index (κ2) is 11.1. The number of hydrogen-bond acceptors (Lipinski definition) is 8. The predicted molar refractivity (Wildman–Crippen MR) is 98.2 cm³/mol. The van der Waals surface area contributed by atoms with Crippen LogP contribution in [-0.4, -0.2) is 52.3 Å². The summed E-state index contributed by atoms with van der Waals surface area (Å²) >= 11 is 0. The van der Waals surface area contributed by atoms with Crippen LogP contribution in [0.5, 0.6) is 0 Å². The van der Waals surface area contributed by atoms with Crippen molar-refractivity contribution < 1.29 is 38.1 Å². The molecule has 2 aromatic carbocycles. The Kier molecular flexibility index (Phi) is 8.88. The van der Waals surface area contributed by atoms with Crippen LogP contribution in [0.1, 0.15) is 41.4 Å². The van der Waals surface area contributed by atoms with Crippen LogP contribution >= 0.6 is 0 Å². The van der Waals surface area contributed by atoms with Crippen molar-refractivity contribution in [2.45, 2.75) is 0 Å². The van der Waals surface area contributed by atoms with E-state index in [4.69, 9.17) is 0 Å². The largest absolute Gasteiger partial charge is 0.465 e. The molecule has 0 aliphatic heterocycles. The Hall–Kier alpha value is -3.68. The van der Waals surface area contributed by atoms with Crippen molar-refractivity contribution in [3.8, 4) is 0 Å². The molecule has 8 heteroatoms. The highest BCUT2D eigenvalue weighted by Gasteiger charge is 2.09. The van der Waals surface area contributed by atoms with E-state index >= 15 is 0 Å². The molecule has 0 unspecified atom stereocenters. The molecule has 0 saturated heterocycles. The quantitative estimate of drug-likeness (QED) is 0.581. The van der Waals surface area contributed by atoms with Gasteiger partial charge < -0.3 is 18.9 Å². The number of ether oxygens (including phenoxy) is 4. The average molecular weight is 388 g/mol. The Balaban J connectivity index is 0.000000280. The van der Waals surface area contributed by atoms with E-state index < -0.39 is 23.9 Å². The normalized spacial score (nSPS) is 9.29. The lowest BCUT2D eigenvalue weighted by Crippen LogP contribution is -2.04. The third-order valence-electron chi connectivity index (χ3n) is 3.45. The maximum Gasteiger partial charge on any atom is 0.337 e. The zero-order valence-corrected chi connectivity index (χ0v) is 15.9. The van der Waals surface area contributed by atoms with Crippen molar-refractivity contribution in [2.75, 3.05) is 28.4 Å². The van der Waals surface area contributed by atoms with Gasteiger partial charge in [0.15, 0.2) is 0 Å².